The largest absolute Gasteiger partial charge is 0.491 e. The van der Waals surface area contributed by atoms with Gasteiger partial charge in [-0.3, -0.25) is 4.31 Å². The molecule has 0 heterocycles. The Morgan fingerprint density at radius 3 is 2.42 bits per heavy atom. The Morgan fingerprint density at radius 1 is 1.29 bits per heavy atom. The standard InChI is InChI=1S/C16H25N3O4S/c1-12(2)23-15-8-6-14(7-9-15)19(24(3,21)22)11-10-17-16(20)18-13-4-5-13/h6-9,12-13H,4-5,10-11H2,1-3H3,(H2,17,18,20). The lowest BCUT2D eigenvalue weighted by atomic mass is 10.3. The Labute approximate surface area is 143 Å². The van der Waals surface area contributed by atoms with E-state index in [-0.39, 0.29) is 31.3 Å². The molecule has 1 aliphatic rings. The van der Waals surface area contributed by atoms with Gasteiger partial charge in [0.2, 0.25) is 10.0 Å². The number of nitrogens with zero attached hydrogens (tertiary/aromatic N) is 1. The number of carbonyl (C=O) groups excluding carboxylic acids is 1. The summed E-state index contributed by atoms with van der Waals surface area (Å²) >= 11 is 0. The smallest absolute Gasteiger partial charge is 0.315 e. The number of anilines is 1. The van der Waals surface area contributed by atoms with Gasteiger partial charge in [0.25, 0.3) is 0 Å². The first-order valence-corrected chi connectivity index (χ1v) is 9.89. The van der Waals surface area contributed by atoms with Crippen LogP contribution in [0, 0.1) is 0 Å². The van der Waals surface area contributed by atoms with Crippen molar-refractivity contribution in [3.63, 3.8) is 0 Å². The first kappa shape index (κ1) is 18.4. The molecular weight excluding hydrogens is 330 g/mol. The second-order valence-corrected chi connectivity index (χ2v) is 8.08. The van der Waals surface area contributed by atoms with Crippen LogP contribution in [0.1, 0.15) is 26.7 Å². The van der Waals surface area contributed by atoms with Gasteiger partial charge < -0.3 is 15.4 Å². The molecule has 2 N–H and O–H groups in total. The third-order valence-corrected chi connectivity index (χ3v) is 4.60. The molecule has 8 heteroatoms. The number of amides is 2. The summed E-state index contributed by atoms with van der Waals surface area (Å²) in [6, 6.07) is 6.88. The van der Waals surface area contributed by atoms with Crippen LogP contribution in [0.4, 0.5) is 10.5 Å². The van der Waals surface area contributed by atoms with Crippen molar-refractivity contribution in [2.45, 2.75) is 38.8 Å². The molecule has 0 radical (unpaired) electrons. The van der Waals surface area contributed by atoms with Gasteiger partial charge in [0.15, 0.2) is 0 Å². The van der Waals surface area contributed by atoms with E-state index in [1.165, 1.54) is 4.31 Å². The van der Waals surface area contributed by atoms with Gasteiger partial charge in [-0.15, -0.1) is 0 Å². The Balaban J connectivity index is 1.95. The molecule has 0 saturated heterocycles. The summed E-state index contributed by atoms with van der Waals surface area (Å²) in [5.41, 5.74) is 0.540. The molecule has 1 aromatic rings. The number of ether oxygens (including phenoxy) is 1. The number of sulfonamides is 1. The van der Waals surface area contributed by atoms with Crippen LogP contribution >= 0.6 is 0 Å². The molecule has 1 saturated carbocycles. The highest BCUT2D eigenvalue weighted by atomic mass is 32.2. The van der Waals surface area contributed by atoms with Crippen molar-refractivity contribution in [2.75, 3.05) is 23.7 Å². The normalized spacial score (nSPS) is 14.3. The maximum absolute atomic E-state index is 12.0. The number of benzene rings is 1. The average molecular weight is 355 g/mol. The predicted molar refractivity (Wildman–Crippen MR) is 94.0 cm³/mol. The second kappa shape index (κ2) is 7.74. The monoisotopic (exact) mass is 355 g/mol. The van der Waals surface area contributed by atoms with Gasteiger partial charge >= 0.3 is 6.03 Å². The van der Waals surface area contributed by atoms with E-state index in [2.05, 4.69) is 10.6 Å². The lowest BCUT2D eigenvalue weighted by Crippen LogP contribution is -2.42. The van der Waals surface area contributed by atoms with Crippen LogP contribution in [0.25, 0.3) is 0 Å². The number of hydrogen-bond donors (Lipinski definition) is 2. The van der Waals surface area contributed by atoms with E-state index < -0.39 is 10.0 Å². The summed E-state index contributed by atoms with van der Waals surface area (Å²) in [5, 5.41) is 5.48. The number of hydrogen-bond acceptors (Lipinski definition) is 4. The summed E-state index contributed by atoms with van der Waals surface area (Å²) in [7, 11) is -3.44. The van der Waals surface area contributed by atoms with Crippen LogP contribution in [0.2, 0.25) is 0 Å². The molecule has 2 rings (SSSR count). The zero-order valence-corrected chi connectivity index (χ0v) is 15.1. The number of urea groups is 1. The minimum atomic E-state index is -3.44. The zero-order chi connectivity index (χ0) is 17.7. The molecule has 0 aromatic heterocycles. The van der Waals surface area contributed by atoms with Gasteiger partial charge in [-0.05, 0) is 51.0 Å². The summed E-state index contributed by atoms with van der Waals surface area (Å²) < 4.78 is 30.9. The first-order valence-electron chi connectivity index (χ1n) is 8.04. The van der Waals surface area contributed by atoms with Crippen LogP contribution < -0.4 is 19.7 Å². The molecule has 1 aliphatic carbocycles. The molecule has 0 unspecified atom stereocenters. The van der Waals surface area contributed by atoms with Crippen LogP contribution in [0.15, 0.2) is 24.3 Å². The Bertz CT molecular complexity index is 654. The SMILES string of the molecule is CC(C)Oc1ccc(N(CCNC(=O)NC2CC2)S(C)(=O)=O)cc1. The summed E-state index contributed by atoms with van der Waals surface area (Å²) in [6.45, 7) is 4.25. The van der Waals surface area contributed by atoms with Gasteiger partial charge in [-0.2, -0.15) is 0 Å². The number of nitrogens with one attached hydrogen (secondary N) is 2. The molecule has 0 atom stereocenters. The molecular formula is C16H25N3O4S. The number of rotatable bonds is 8. The lowest BCUT2D eigenvalue weighted by Gasteiger charge is -2.23. The quantitative estimate of drug-likeness (QED) is 0.743. The molecule has 134 valence electrons. The minimum Gasteiger partial charge on any atom is -0.491 e. The van der Waals surface area contributed by atoms with Crippen molar-refractivity contribution >= 4 is 21.7 Å². The molecule has 1 aromatic carbocycles. The molecule has 0 aliphatic heterocycles. The Kier molecular flexibility index (Phi) is 5.93. The Hall–Kier alpha value is -1.96. The van der Waals surface area contributed by atoms with E-state index >= 15 is 0 Å². The van der Waals surface area contributed by atoms with Crippen LogP contribution in [0.3, 0.4) is 0 Å². The summed E-state index contributed by atoms with van der Waals surface area (Å²) in [4.78, 5) is 11.6. The highest BCUT2D eigenvalue weighted by Crippen LogP contribution is 2.22. The van der Waals surface area contributed by atoms with Crippen molar-refractivity contribution in [1.82, 2.24) is 10.6 Å². The molecule has 0 bridgehead atoms. The fourth-order valence-corrected chi connectivity index (χ4v) is 3.11. The van der Waals surface area contributed by atoms with Gasteiger partial charge in [-0.25, -0.2) is 13.2 Å². The van der Waals surface area contributed by atoms with Crippen LogP contribution in [-0.4, -0.2) is 45.9 Å². The van der Waals surface area contributed by atoms with Gasteiger partial charge in [0, 0.05) is 12.6 Å². The molecule has 2 amide bonds. The molecule has 24 heavy (non-hydrogen) atoms. The number of carbonyl (C=O) groups is 1. The van der Waals surface area contributed by atoms with E-state index in [9.17, 15) is 13.2 Å². The van der Waals surface area contributed by atoms with Gasteiger partial charge in [-0.1, -0.05) is 0 Å². The topological polar surface area (TPSA) is 87.7 Å². The van der Waals surface area contributed by atoms with Crippen molar-refractivity contribution in [3.8, 4) is 5.75 Å². The predicted octanol–water partition coefficient (Wildman–Crippen LogP) is 1.70. The van der Waals surface area contributed by atoms with Crippen molar-refractivity contribution in [3.05, 3.63) is 24.3 Å². The van der Waals surface area contributed by atoms with E-state index in [0.717, 1.165) is 19.1 Å². The first-order chi connectivity index (χ1) is 11.3. The maximum Gasteiger partial charge on any atom is 0.315 e. The maximum atomic E-state index is 12.0. The second-order valence-electron chi connectivity index (χ2n) is 6.17. The highest BCUT2D eigenvalue weighted by molar-refractivity contribution is 7.92. The van der Waals surface area contributed by atoms with E-state index in [1.54, 1.807) is 24.3 Å². The fraction of sp³-hybridized carbons (Fsp3) is 0.562. The van der Waals surface area contributed by atoms with Crippen LogP contribution in [0.5, 0.6) is 5.75 Å². The van der Waals surface area contributed by atoms with Crippen molar-refractivity contribution in [2.24, 2.45) is 0 Å². The van der Waals surface area contributed by atoms with Crippen LogP contribution in [-0.2, 0) is 10.0 Å². The third-order valence-electron chi connectivity index (χ3n) is 3.41. The van der Waals surface area contributed by atoms with Crippen molar-refractivity contribution in [1.29, 1.82) is 0 Å². The van der Waals surface area contributed by atoms with Gasteiger partial charge in [0.05, 0.1) is 24.6 Å². The third kappa shape index (κ3) is 5.92. The fourth-order valence-electron chi connectivity index (χ4n) is 2.18. The summed E-state index contributed by atoms with van der Waals surface area (Å²) in [6.07, 6.45) is 3.22. The summed E-state index contributed by atoms with van der Waals surface area (Å²) in [5.74, 6) is 0.684. The minimum absolute atomic E-state index is 0.0519. The molecule has 7 nitrogen and oxygen atoms in total. The Morgan fingerprint density at radius 2 is 1.92 bits per heavy atom. The van der Waals surface area contributed by atoms with E-state index in [1.807, 2.05) is 13.8 Å². The van der Waals surface area contributed by atoms with Gasteiger partial charge in [0.1, 0.15) is 5.75 Å². The average Bonchev–Trinajstić information content (AvgIpc) is 3.27. The molecule has 0 spiro atoms. The molecule has 1 fully saturated rings. The van der Waals surface area contributed by atoms with E-state index in [0.29, 0.717) is 11.4 Å². The highest BCUT2D eigenvalue weighted by Gasteiger charge is 2.23. The van der Waals surface area contributed by atoms with E-state index in [4.69, 9.17) is 4.74 Å². The zero-order valence-electron chi connectivity index (χ0n) is 14.3. The van der Waals surface area contributed by atoms with Crippen molar-refractivity contribution < 1.29 is 17.9 Å². The lowest BCUT2D eigenvalue weighted by molar-refractivity contribution is 0.240.